The number of rotatable bonds is 9. The lowest BCUT2D eigenvalue weighted by Gasteiger charge is -2.28. The number of aromatic nitrogens is 2. The number of imidazole rings is 1. The molecule has 0 saturated carbocycles. The predicted molar refractivity (Wildman–Crippen MR) is 126 cm³/mol. The van der Waals surface area contributed by atoms with Gasteiger partial charge in [-0.25, -0.2) is 4.98 Å². The molecule has 2 atom stereocenters. The Morgan fingerprint density at radius 2 is 2.00 bits per heavy atom. The van der Waals surface area contributed by atoms with E-state index in [-0.39, 0.29) is 25.3 Å². The lowest BCUT2D eigenvalue weighted by Crippen LogP contribution is -2.55. The second-order valence-corrected chi connectivity index (χ2v) is 8.25. The van der Waals surface area contributed by atoms with Crippen LogP contribution in [0.3, 0.4) is 0 Å². The minimum absolute atomic E-state index is 0.0875. The van der Waals surface area contributed by atoms with Crippen molar-refractivity contribution < 1.29 is 24.5 Å². The summed E-state index contributed by atoms with van der Waals surface area (Å²) in [6.07, 6.45) is 5.87. The zero-order valence-corrected chi connectivity index (χ0v) is 18.7. The van der Waals surface area contributed by atoms with Gasteiger partial charge in [0.15, 0.2) is 0 Å². The molecule has 4 rings (SSSR count). The number of benzene rings is 1. The number of carbonyl (C=O) groups is 2. The van der Waals surface area contributed by atoms with Crippen LogP contribution in [0.1, 0.15) is 35.7 Å². The number of oxime groups is 1. The summed E-state index contributed by atoms with van der Waals surface area (Å²) in [6, 6.07) is 12.8. The van der Waals surface area contributed by atoms with Gasteiger partial charge in [-0.3, -0.25) is 9.59 Å². The smallest absolute Gasteiger partial charge is 0.426 e. The summed E-state index contributed by atoms with van der Waals surface area (Å²) in [7, 11) is -1.70. The average molecular weight is 463 g/mol. The quantitative estimate of drug-likeness (QED) is 0.346. The van der Waals surface area contributed by atoms with Gasteiger partial charge < -0.3 is 29.9 Å². The molecule has 0 radical (unpaired) electrons. The van der Waals surface area contributed by atoms with Crippen LogP contribution < -0.4 is 10.6 Å². The molecular weight excluding hydrogens is 437 g/mol. The number of carbonyl (C=O) groups excluding carboxylic acids is 2. The van der Waals surface area contributed by atoms with E-state index in [1.807, 2.05) is 30.3 Å². The van der Waals surface area contributed by atoms with Crippen molar-refractivity contribution in [2.24, 2.45) is 5.16 Å². The van der Waals surface area contributed by atoms with Gasteiger partial charge in [0, 0.05) is 31.4 Å². The molecule has 4 N–H and O–H groups in total. The largest absolute Gasteiger partial charge is 0.475 e. The molecule has 10 nitrogen and oxygen atoms in total. The molecule has 1 aromatic carbocycles. The van der Waals surface area contributed by atoms with Crippen molar-refractivity contribution in [2.75, 3.05) is 6.54 Å². The lowest BCUT2D eigenvalue weighted by atomic mass is 9.77. The Morgan fingerprint density at radius 1 is 1.21 bits per heavy atom. The molecule has 0 fully saturated rings. The van der Waals surface area contributed by atoms with Crippen molar-refractivity contribution in [1.29, 1.82) is 0 Å². The summed E-state index contributed by atoms with van der Waals surface area (Å²) < 4.78 is 1.75. The number of amides is 2. The zero-order chi connectivity index (χ0) is 24.1. The van der Waals surface area contributed by atoms with E-state index in [1.165, 1.54) is 0 Å². The van der Waals surface area contributed by atoms with Crippen LogP contribution in [-0.4, -0.2) is 62.2 Å². The Labute approximate surface area is 196 Å². The van der Waals surface area contributed by atoms with Gasteiger partial charge in [0.1, 0.15) is 5.65 Å². The van der Waals surface area contributed by atoms with Gasteiger partial charge >= 0.3 is 7.12 Å². The SMILES string of the molecule is CC[C@H](NC(=O)C1(Cc2ccccc2)CC(CNC(=O)c2cccn3ccnc23)=NO1)B(O)O. The van der Waals surface area contributed by atoms with Gasteiger partial charge in [-0.05, 0) is 24.1 Å². The predicted octanol–water partition coefficient (Wildman–Crippen LogP) is 0.729. The molecule has 34 heavy (non-hydrogen) atoms. The van der Waals surface area contributed by atoms with Crippen LogP contribution in [0.15, 0.2) is 66.2 Å². The maximum Gasteiger partial charge on any atom is 0.475 e. The maximum atomic E-state index is 13.2. The Balaban J connectivity index is 1.47. The molecule has 0 saturated heterocycles. The molecule has 0 aliphatic carbocycles. The van der Waals surface area contributed by atoms with Gasteiger partial charge in [0.25, 0.3) is 11.8 Å². The van der Waals surface area contributed by atoms with E-state index in [2.05, 4.69) is 20.8 Å². The van der Waals surface area contributed by atoms with Gasteiger partial charge in [-0.15, -0.1) is 0 Å². The first-order chi connectivity index (χ1) is 16.4. The van der Waals surface area contributed by atoms with E-state index in [0.29, 0.717) is 23.3 Å². The molecule has 1 aliphatic heterocycles. The summed E-state index contributed by atoms with van der Waals surface area (Å²) in [5, 5.41) is 28.7. The fourth-order valence-corrected chi connectivity index (χ4v) is 3.95. The molecule has 2 aromatic heterocycles. The first-order valence-electron chi connectivity index (χ1n) is 11.1. The molecule has 3 aromatic rings. The van der Waals surface area contributed by atoms with Crippen LogP contribution in [0.2, 0.25) is 0 Å². The standard InChI is InChI=1S/C23H26BN5O5/c1-2-19(24(32)33)27-22(31)23(13-16-7-4-3-5-8-16)14-17(28-34-23)15-26-21(30)18-9-6-11-29-12-10-25-20(18)29/h3-12,19,32-33H,2,13-15H2,1H3,(H,26,30)(H,27,31)/t19-,23?/m0/s1. The fraction of sp³-hybridized carbons (Fsp3) is 0.304. The highest BCUT2D eigenvalue weighted by Crippen LogP contribution is 2.29. The van der Waals surface area contributed by atoms with Crippen molar-refractivity contribution in [2.45, 2.75) is 37.7 Å². The number of nitrogens with zero attached hydrogens (tertiary/aromatic N) is 3. The van der Waals surface area contributed by atoms with Crippen LogP contribution in [-0.2, 0) is 16.1 Å². The summed E-state index contributed by atoms with van der Waals surface area (Å²) in [5.74, 6) is -1.66. The Bertz CT molecular complexity index is 1200. The molecule has 0 bridgehead atoms. The van der Waals surface area contributed by atoms with Crippen LogP contribution >= 0.6 is 0 Å². The molecule has 176 valence electrons. The number of pyridine rings is 1. The van der Waals surface area contributed by atoms with E-state index in [0.717, 1.165) is 5.56 Å². The summed E-state index contributed by atoms with van der Waals surface area (Å²) in [5.41, 5.74) is 0.944. The molecular formula is C23H26BN5O5. The highest BCUT2D eigenvalue weighted by atomic mass is 16.7. The minimum atomic E-state index is -1.70. The van der Waals surface area contributed by atoms with Gasteiger partial charge in [0.2, 0.25) is 5.60 Å². The highest BCUT2D eigenvalue weighted by molar-refractivity contribution is 6.43. The van der Waals surface area contributed by atoms with Gasteiger partial charge in [-0.1, -0.05) is 42.4 Å². The van der Waals surface area contributed by atoms with E-state index >= 15 is 0 Å². The molecule has 2 amide bonds. The lowest BCUT2D eigenvalue weighted by molar-refractivity contribution is -0.144. The zero-order valence-electron chi connectivity index (χ0n) is 18.7. The molecule has 0 spiro atoms. The van der Waals surface area contributed by atoms with E-state index < -0.39 is 24.6 Å². The Hall–Kier alpha value is -3.70. The third kappa shape index (κ3) is 4.95. The Morgan fingerprint density at radius 3 is 2.74 bits per heavy atom. The van der Waals surface area contributed by atoms with E-state index in [4.69, 9.17) is 4.84 Å². The van der Waals surface area contributed by atoms with Crippen molar-refractivity contribution >= 4 is 30.3 Å². The first-order valence-corrected chi connectivity index (χ1v) is 11.1. The fourth-order valence-electron chi connectivity index (χ4n) is 3.95. The second-order valence-electron chi connectivity index (χ2n) is 8.25. The molecule has 1 aliphatic rings. The van der Waals surface area contributed by atoms with Crippen molar-refractivity contribution in [3.8, 4) is 0 Å². The normalized spacial score (nSPS) is 18.1. The topological polar surface area (TPSA) is 138 Å². The monoisotopic (exact) mass is 463 g/mol. The van der Waals surface area contributed by atoms with E-state index in [9.17, 15) is 19.6 Å². The summed E-state index contributed by atoms with van der Waals surface area (Å²) >= 11 is 0. The van der Waals surface area contributed by atoms with Crippen LogP contribution in [0.4, 0.5) is 0 Å². The molecule has 3 heterocycles. The number of fused-ring (bicyclic) bond motifs is 1. The number of hydrogen-bond acceptors (Lipinski definition) is 7. The van der Waals surface area contributed by atoms with Gasteiger partial charge in [-0.2, -0.15) is 0 Å². The van der Waals surface area contributed by atoms with Gasteiger partial charge in [0.05, 0.1) is 23.8 Å². The third-order valence-corrected chi connectivity index (χ3v) is 5.82. The minimum Gasteiger partial charge on any atom is -0.426 e. The maximum absolute atomic E-state index is 13.2. The first kappa shape index (κ1) is 23.5. The van der Waals surface area contributed by atoms with Crippen molar-refractivity contribution in [1.82, 2.24) is 20.0 Å². The summed E-state index contributed by atoms with van der Waals surface area (Å²) in [6.45, 7) is 1.83. The molecule has 1 unspecified atom stereocenters. The highest BCUT2D eigenvalue weighted by Gasteiger charge is 2.47. The van der Waals surface area contributed by atoms with Crippen LogP contribution in [0.5, 0.6) is 0 Å². The Kier molecular flexibility index (Phi) is 6.94. The second kappa shape index (κ2) is 10.1. The van der Waals surface area contributed by atoms with E-state index in [1.54, 1.807) is 42.0 Å². The van der Waals surface area contributed by atoms with Crippen LogP contribution in [0, 0.1) is 0 Å². The van der Waals surface area contributed by atoms with Crippen molar-refractivity contribution in [3.63, 3.8) is 0 Å². The van der Waals surface area contributed by atoms with Crippen molar-refractivity contribution in [3.05, 3.63) is 72.2 Å². The number of nitrogens with one attached hydrogen (secondary N) is 2. The molecule has 11 heteroatoms. The van der Waals surface area contributed by atoms with Crippen LogP contribution in [0.25, 0.3) is 5.65 Å². The number of hydrogen-bond donors (Lipinski definition) is 4. The average Bonchev–Trinajstić information content (AvgIpc) is 3.49. The summed E-state index contributed by atoms with van der Waals surface area (Å²) in [4.78, 5) is 35.9. The third-order valence-electron chi connectivity index (χ3n) is 5.82.